The standard InChI is InChI=1S/C32H28F7NO3/c1-2-20-6-3-9-25(16-20)42-26-10-4-7-22(17-26)29(23-8-5-11-27(18-23)43-32(38,39)30(33)34)40-19-28(41)21-12-14-24(15-13-21)31(35,36)37/h3-18,28-30,40-41H,2,19H2,1H3. The molecule has 4 aromatic carbocycles. The van der Waals surface area contributed by atoms with E-state index < -0.39 is 42.2 Å². The summed E-state index contributed by atoms with van der Waals surface area (Å²) in [6.07, 6.45) is -13.8. The van der Waals surface area contributed by atoms with Gasteiger partial charge in [0.2, 0.25) is 0 Å². The Balaban J connectivity index is 1.63. The summed E-state index contributed by atoms with van der Waals surface area (Å²) in [5.41, 5.74) is 1.28. The van der Waals surface area contributed by atoms with Gasteiger partial charge in [0.05, 0.1) is 17.7 Å². The molecule has 4 nitrogen and oxygen atoms in total. The van der Waals surface area contributed by atoms with E-state index in [0.717, 1.165) is 48.4 Å². The van der Waals surface area contributed by atoms with Crippen molar-refractivity contribution >= 4 is 0 Å². The fourth-order valence-electron chi connectivity index (χ4n) is 4.35. The van der Waals surface area contributed by atoms with Crippen molar-refractivity contribution in [3.05, 3.63) is 125 Å². The predicted octanol–water partition coefficient (Wildman–Crippen LogP) is 8.71. The number of aryl methyl sites for hydroxylation is 1. The maximum absolute atomic E-state index is 13.6. The van der Waals surface area contributed by atoms with Gasteiger partial charge in [-0.2, -0.15) is 30.7 Å². The summed E-state index contributed by atoms with van der Waals surface area (Å²) in [5.74, 6) is 0.516. The lowest BCUT2D eigenvalue weighted by Crippen LogP contribution is -2.33. The van der Waals surface area contributed by atoms with Gasteiger partial charge in [0.25, 0.3) is 0 Å². The van der Waals surface area contributed by atoms with Crippen molar-refractivity contribution < 1.29 is 45.3 Å². The highest BCUT2D eigenvalue weighted by atomic mass is 19.4. The van der Waals surface area contributed by atoms with Crippen LogP contribution in [0.1, 0.15) is 46.9 Å². The van der Waals surface area contributed by atoms with E-state index in [1.165, 1.54) is 6.07 Å². The largest absolute Gasteiger partial charge is 0.461 e. The molecule has 2 unspecified atom stereocenters. The van der Waals surface area contributed by atoms with Gasteiger partial charge in [-0.15, -0.1) is 0 Å². The summed E-state index contributed by atoms with van der Waals surface area (Å²) in [4.78, 5) is 0. The normalized spacial score (nSPS) is 13.5. The molecule has 0 aliphatic rings. The SMILES string of the molecule is CCc1cccc(Oc2cccc(C(NCC(O)c3ccc(C(F)(F)F)cc3)c3cccc(OC(F)(F)C(F)F)c3)c2)c1. The van der Waals surface area contributed by atoms with Crippen LogP contribution in [0.15, 0.2) is 97.1 Å². The number of aliphatic hydroxyl groups is 1. The minimum Gasteiger partial charge on any atom is -0.457 e. The molecule has 4 rings (SSSR count). The Morgan fingerprint density at radius 3 is 1.86 bits per heavy atom. The van der Waals surface area contributed by atoms with Crippen molar-refractivity contribution in [3.63, 3.8) is 0 Å². The second-order valence-corrected chi connectivity index (χ2v) is 9.69. The van der Waals surface area contributed by atoms with Gasteiger partial charge >= 0.3 is 18.7 Å². The quantitative estimate of drug-likeness (QED) is 0.158. The Bertz CT molecular complexity index is 1490. The molecule has 2 N–H and O–H groups in total. The topological polar surface area (TPSA) is 50.7 Å². The Morgan fingerprint density at radius 1 is 0.721 bits per heavy atom. The van der Waals surface area contributed by atoms with Crippen molar-refractivity contribution in [1.29, 1.82) is 0 Å². The van der Waals surface area contributed by atoms with Gasteiger partial charge in [-0.1, -0.05) is 55.5 Å². The third kappa shape index (κ3) is 8.48. The monoisotopic (exact) mass is 607 g/mol. The zero-order valence-electron chi connectivity index (χ0n) is 22.8. The van der Waals surface area contributed by atoms with Gasteiger partial charge in [0, 0.05) is 6.54 Å². The molecular formula is C32H28F7NO3. The fraction of sp³-hybridized carbons (Fsp3) is 0.250. The van der Waals surface area contributed by atoms with Crippen molar-refractivity contribution in [3.8, 4) is 17.2 Å². The van der Waals surface area contributed by atoms with Crippen LogP contribution in [-0.2, 0) is 12.6 Å². The van der Waals surface area contributed by atoms with Crippen LogP contribution in [0, 0.1) is 0 Å². The first-order valence-corrected chi connectivity index (χ1v) is 13.3. The van der Waals surface area contributed by atoms with E-state index in [1.54, 1.807) is 36.4 Å². The average molecular weight is 608 g/mol. The molecule has 0 saturated heterocycles. The van der Waals surface area contributed by atoms with E-state index in [1.807, 2.05) is 25.1 Å². The lowest BCUT2D eigenvalue weighted by molar-refractivity contribution is -0.253. The molecule has 0 bridgehead atoms. The number of halogens is 7. The number of alkyl halides is 7. The molecule has 0 aliphatic carbocycles. The first kappa shape index (κ1) is 31.8. The van der Waals surface area contributed by atoms with Gasteiger partial charge in [-0.3, -0.25) is 0 Å². The Kier molecular flexibility index (Phi) is 9.98. The van der Waals surface area contributed by atoms with Crippen molar-refractivity contribution in [2.75, 3.05) is 6.54 Å². The summed E-state index contributed by atoms with van der Waals surface area (Å²) in [6.45, 7) is 1.84. The molecule has 0 amide bonds. The van der Waals surface area contributed by atoms with Crippen LogP contribution in [-0.4, -0.2) is 24.2 Å². The molecule has 0 heterocycles. The summed E-state index contributed by atoms with van der Waals surface area (Å²) in [6, 6.07) is 22.7. The average Bonchev–Trinajstić information content (AvgIpc) is 2.97. The molecule has 0 saturated carbocycles. The highest BCUT2D eigenvalue weighted by molar-refractivity contribution is 5.42. The number of hydrogen-bond acceptors (Lipinski definition) is 4. The molecule has 0 aliphatic heterocycles. The van der Waals surface area contributed by atoms with Crippen LogP contribution in [0.2, 0.25) is 0 Å². The number of ether oxygens (including phenoxy) is 2. The van der Waals surface area contributed by atoms with E-state index >= 15 is 0 Å². The number of nitrogens with one attached hydrogen (secondary N) is 1. The summed E-state index contributed by atoms with van der Waals surface area (Å²) in [5, 5.41) is 13.8. The Labute approximate surface area is 243 Å². The third-order valence-corrected chi connectivity index (χ3v) is 6.57. The van der Waals surface area contributed by atoms with E-state index in [4.69, 9.17) is 4.74 Å². The van der Waals surface area contributed by atoms with Crippen molar-refractivity contribution in [2.24, 2.45) is 0 Å². The van der Waals surface area contributed by atoms with Crippen molar-refractivity contribution in [2.45, 2.75) is 44.2 Å². The smallest absolute Gasteiger partial charge is 0.457 e. The highest BCUT2D eigenvalue weighted by Gasteiger charge is 2.44. The summed E-state index contributed by atoms with van der Waals surface area (Å²) in [7, 11) is 0. The molecular weight excluding hydrogens is 579 g/mol. The fourth-order valence-corrected chi connectivity index (χ4v) is 4.35. The predicted molar refractivity (Wildman–Crippen MR) is 147 cm³/mol. The summed E-state index contributed by atoms with van der Waals surface area (Å²) >= 11 is 0. The first-order chi connectivity index (χ1) is 20.4. The maximum Gasteiger partial charge on any atom is 0.461 e. The number of aliphatic hydroxyl groups excluding tert-OH is 1. The lowest BCUT2D eigenvalue weighted by Gasteiger charge is -2.24. The molecule has 0 radical (unpaired) electrons. The van der Waals surface area contributed by atoms with E-state index in [9.17, 15) is 35.8 Å². The molecule has 228 valence electrons. The molecule has 11 heteroatoms. The Morgan fingerprint density at radius 2 is 1.28 bits per heavy atom. The number of hydrogen-bond donors (Lipinski definition) is 2. The van der Waals surface area contributed by atoms with Gasteiger partial charge in [-0.05, 0) is 77.2 Å². The minimum absolute atomic E-state index is 0.169. The maximum atomic E-state index is 13.6. The minimum atomic E-state index is -4.72. The zero-order chi connectivity index (χ0) is 31.2. The van der Waals surface area contributed by atoms with Gasteiger partial charge in [0.1, 0.15) is 17.2 Å². The second-order valence-electron chi connectivity index (χ2n) is 9.69. The molecule has 0 aromatic heterocycles. The van der Waals surface area contributed by atoms with Gasteiger partial charge in [-0.25, -0.2) is 0 Å². The lowest BCUT2D eigenvalue weighted by atomic mass is 9.97. The first-order valence-electron chi connectivity index (χ1n) is 13.3. The molecule has 2 atom stereocenters. The Hall–Kier alpha value is -4.09. The van der Waals surface area contributed by atoms with Crippen LogP contribution in [0.4, 0.5) is 30.7 Å². The van der Waals surface area contributed by atoms with E-state index in [2.05, 4.69) is 10.1 Å². The van der Waals surface area contributed by atoms with Gasteiger partial charge < -0.3 is 19.9 Å². The molecule has 4 aromatic rings. The second kappa shape index (κ2) is 13.5. The molecule has 0 fully saturated rings. The van der Waals surface area contributed by atoms with Crippen LogP contribution in [0.25, 0.3) is 0 Å². The van der Waals surface area contributed by atoms with Crippen LogP contribution < -0.4 is 14.8 Å². The van der Waals surface area contributed by atoms with Gasteiger partial charge in [0.15, 0.2) is 0 Å². The number of rotatable bonds is 12. The molecule has 0 spiro atoms. The third-order valence-electron chi connectivity index (χ3n) is 6.57. The molecule has 43 heavy (non-hydrogen) atoms. The van der Waals surface area contributed by atoms with E-state index in [0.29, 0.717) is 22.6 Å². The summed E-state index contributed by atoms with van der Waals surface area (Å²) < 4.78 is 102. The van der Waals surface area contributed by atoms with Crippen LogP contribution in [0.3, 0.4) is 0 Å². The van der Waals surface area contributed by atoms with E-state index in [-0.39, 0.29) is 12.1 Å². The van der Waals surface area contributed by atoms with Crippen LogP contribution in [0.5, 0.6) is 17.2 Å². The zero-order valence-corrected chi connectivity index (χ0v) is 22.8. The van der Waals surface area contributed by atoms with Crippen molar-refractivity contribution in [1.82, 2.24) is 5.32 Å². The number of benzene rings is 4. The highest BCUT2D eigenvalue weighted by Crippen LogP contribution is 2.34. The van der Waals surface area contributed by atoms with Crippen LogP contribution >= 0.6 is 0 Å².